The van der Waals surface area contributed by atoms with Gasteiger partial charge in [-0.3, -0.25) is 4.79 Å². The summed E-state index contributed by atoms with van der Waals surface area (Å²) in [5.74, 6) is 0.709. The van der Waals surface area contributed by atoms with Gasteiger partial charge < -0.3 is 10.1 Å². The van der Waals surface area contributed by atoms with Crippen LogP contribution in [0.1, 0.15) is 17.5 Å². The summed E-state index contributed by atoms with van der Waals surface area (Å²) in [6, 6.07) is 13.5. The van der Waals surface area contributed by atoms with Crippen LogP contribution in [0.5, 0.6) is 5.75 Å². The summed E-state index contributed by atoms with van der Waals surface area (Å²) in [5.41, 5.74) is 3.10. The summed E-state index contributed by atoms with van der Waals surface area (Å²) < 4.78 is 6.51. The predicted octanol–water partition coefficient (Wildman–Crippen LogP) is 4.47. The minimum absolute atomic E-state index is 0.0445. The van der Waals surface area contributed by atoms with Crippen LogP contribution in [0.4, 0.5) is 5.69 Å². The third kappa shape index (κ3) is 4.90. The minimum Gasteiger partial charge on any atom is -0.493 e. The number of nitrogens with one attached hydrogen (secondary N) is 1. The molecule has 0 aliphatic carbocycles. The lowest BCUT2D eigenvalue weighted by Crippen LogP contribution is -2.15. The molecule has 3 nitrogen and oxygen atoms in total. The number of amides is 1. The molecule has 0 saturated heterocycles. The molecule has 2 rings (SSSR count). The van der Waals surface area contributed by atoms with E-state index < -0.39 is 0 Å². The van der Waals surface area contributed by atoms with E-state index in [0.717, 1.165) is 21.5 Å². The van der Waals surface area contributed by atoms with Crippen LogP contribution in [0.15, 0.2) is 46.9 Å². The largest absolute Gasteiger partial charge is 0.493 e. The minimum atomic E-state index is -0.0445. The number of halogens is 1. The molecular formula is C17H18BrNO2. The zero-order valence-corrected chi connectivity index (χ0v) is 13.7. The molecule has 4 heteroatoms. The fraction of sp³-hybridized carbons (Fsp3) is 0.235. The van der Waals surface area contributed by atoms with Crippen molar-refractivity contribution in [2.75, 3.05) is 11.9 Å². The van der Waals surface area contributed by atoms with Crippen molar-refractivity contribution in [2.24, 2.45) is 0 Å². The monoisotopic (exact) mass is 347 g/mol. The number of carbonyl (C=O) groups excluding carboxylic acids is 1. The van der Waals surface area contributed by atoms with Crippen LogP contribution in [0.2, 0.25) is 0 Å². The van der Waals surface area contributed by atoms with E-state index in [1.54, 1.807) is 0 Å². The van der Waals surface area contributed by atoms with Crippen LogP contribution in [0, 0.1) is 13.8 Å². The maximum atomic E-state index is 11.9. The molecule has 0 saturated carbocycles. The van der Waals surface area contributed by atoms with Gasteiger partial charge in [0.05, 0.1) is 13.0 Å². The molecule has 0 bridgehead atoms. The van der Waals surface area contributed by atoms with E-state index in [-0.39, 0.29) is 5.91 Å². The first kappa shape index (κ1) is 15.6. The number of anilines is 1. The number of carbonyl (C=O) groups is 1. The van der Waals surface area contributed by atoms with E-state index in [1.165, 1.54) is 5.56 Å². The SMILES string of the molecule is Cc1ccc(NC(=O)CCOc2cccc(Br)c2)c(C)c1. The lowest BCUT2D eigenvalue weighted by molar-refractivity contribution is -0.116. The fourth-order valence-electron chi connectivity index (χ4n) is 1.98. The summed E-state index contributed by atoms with van der Waals surface area (Å²) in [5, 5.41) is 2.91. The number of aryl methyl sites for hydroxylation is 2. The van der Waals surface area contributed by atoms with Gasteiger partial charge in [0.15, 0.2) is 0 Å². The normalized spacial score (nSPS) is 10.2. The van der Waals surface area contributed by atoms with Gasteiger partial charge in [0, 0.05) is 10.2 Å². The van der Waals surface area contributed by atoms with Gasteiger partial charge in [0.25, 0.3) is 0 Å². The van der Waals surface area contributed by atoms with Crippen LogP contribution < -0.4 is 10.1 Å². The zero-order chi connectivity index (χ0) is 15.2. The summed E-state index contributed by atoms with van der Waals surface area (Å²) in [6.07, 6.45) is 0.319. The highest BCUT2D eigenvalue weighted by Gasteiger charge is 2.05. The van der Waals surface area contributed by atoms with E-state index in [1.807, 2.05) is 56.3 Å². The first-order valence-electron chi connectivity index (χ1n) is 6.80. The fourth-order valence-corrected chi connectivity index (χ4v) is 2.36. The second-order valence-corrected chi connectivity index (χ2v) is 5.84. The van der Waals surface area contributed by atoms with Gasteiger partial charge in [-0.2, -0.15) is 0 Å². The topological polar surface area (TPSA) is 38.3 Å². The maximum Gasteiger partial charge on any atom is 0.227 e. The van der Waals surface area contributed by atoms with Crippen molar-refractivity contribution >= 4 is 27.5 Å². The molecule has 1 N–H and O–H groups in total. The van der Waals surface area contributed by atoms with Crippen molar-refractivity contribution in [1.82, 2.24) is 0 Å². The molecule has 0 fully saturated rings. The van der Waals surface area contributed by atoms with Crippen LogP contribution >= 0.6 is 15.9 Å². The second kappa shape index (κ2) is 7.27. The highest BCUT2D eigenvalue weighted by Crippen LogP contribution is 2.18. The maximum absolute atomic E-state index is 11.9. The highest BCUT2D eigenvalue weighted by atomic mass is 79.9. The zero-order valence-electron chi connectivity index (χ0n) is 12.2. The second-order valence-electron chi connectivity index (χ2n) is 4.92. The van der Waals surface area contributed by atoms with Gasteiger partial charge in [-0.05, 0) is 43.7 Å². The van der Waals surface area contributed by atoms with Gasteiger partial charge in [-0.15, -0.1) is 0 Å². The number of benzene rings is 2. The van der Waals surface area contributed by atoms with Gasteiger partial charge in [-0.1, -0.05) is 39.7 Å². The molecule has 0 aliphatic rings. The van der Waals surface area contributed by atoms with Crippen molar-refractivity contribution in [3.8, 4) is 5.75 Å². The molecule has 2 aromatic carbocycles. The van der Waals surface area contributed by atoms with E-state index in [4.69, 9.17) is 4.74 Å². The Morgan fingerprint density at radius 2 is 2.00 bits per heavy atom. The summed E-state index contributed by atoms with van der Waals surface area (Å²) >= 11 is 3.38. The third-order valence-corrected chi connectivity index (χ3v) is 3.54. The molecule has 110 valence electrons. The molecule has 0 unspecified atom stereocenters. The smallest absolute Gasteiger partial charge is 0.227 e. The third-order valence-electron chi connectivity index (χ3n) is 3.05. The Labute approximate surface area is 133 Å². The number of hydrogen-bond acceptors (Lipinski definition) is 2. The molecule has 0 atom stereocenters. The first-order valence-corrected chi connectivity index (χ1v) is 7.59. The van der Waals surface area contributed by atoms with Gasteiger partial charge in [0.1, 0.15) is 5.75 Å². The molecule has 1 amide bonds. The predicted molar refractivity (Wildman–Crippen MR) is 88.8 cm³/mol. The molecule has 21 heavy (non-hydrogen) atoms. The quantitative estimate of drug-likeness (QED) is 0.866. The Morgan fingerprint density at radius 3 is 2.71 bits per heavy atom. The van der Waals surface area contributed by atoms with Crippen molar-refractivity contribution in [3.63, 3.8) is 0 Å². The molecule has 0 radical (unpaired) electrons. The molecule has 2 aromatic rings. The van der Waals surface area contributed by atoms with Crippen molar-refractivity contribution in [1.29, 1.82) is 0 Å². The Morgan fingerprint density at radius 1 is 1.19 bits per heavy atom. The van der Waals surface area contributed by atoms with Gasteiger partial charge in [0.2, 0.25) is 5.91 Å². The molecule has 0 heterocycles. The standard InChI is InChI=1S/C17H18BrNO2/c1-12-6-7-16(13(2)10-12)19-17(20)8-9-21-15-5-3-4-14(18)11-15/h3-7,10-11H,8-9H2,1-2H3,(H,19,20). The summed E-state index contributed by atoms with van der Waals surface area (Å²) in [4.78, 5) is 11.9. The lowest BCUT2D eigenvalue weighted by atomic mass is 10.1. The van der Waals surface area contributed by atoms with Crippen molar-refractivity contribution < 1.29 is 9.53 Å². The number of hydrogen-bond donors (Lipinski definition) is 1. The van der Waals surface area contributed by atoms with Crippen LogP contribution in [-0.2, 0) is 4.79 Å². The Kier molecular flexibility index (Phi) is 5.39. The van der Waals surface area contributed by atoms with E-state index in [2.05, 4.69) is 21.2 Å². The van der Waals surface area contributed by atoms with Gasteiger partial charge >= 0.3 is 0 Å². The molecule has 0 aliphatic heterocycles. The average Bonchev–Trinajstić information content (AvgIpc) is 2.42. The van der Waals surface area contributed by atoms with Crippen LogP contribution in [0.25, 0.3) is 0 Å². The van der Waals surface area contributed by atoms with Gasteiger partial charge in [-0.25, -0.2) is 0 Å². The van der Waals surface area contributed by atoms with E-state index >= 15 is 0 Å². The molecule has 0 aromatic heterocycles. The van der Waals surface area contributed by atoms with E-state index in [0.29, 0.717) is 13.0 Å². The van der Waals surface area contributed by atoms with E-state index in [9.17, 15) is 4.79 Å². The van der Waals surface area contributed by atoms with Crippen molar-refractivity contribution in [3.05, 3.63) is 58.1 Å². The Balaban J connectivity index is 1.82. The Bertz CT molecular complexity index is 640. The first-order chi connectivity index (χ1) is 10.0. The molecule has 0 spiro atoms. The highest BCUT2D eigenvalue weighted by molar-refractivity contribution is 9.10. The lowest BCUT2D eigenvalue weighted by Gasteiger charge is -2.10. The number of ether oxygens (including phenoxy) is 1. The average molecular weight is 348 g/mol. The summed E-state index contributed by atoms with van der Waals surface area (Å²) in [6.45, 7) is 4.37. The number of rotatable bonds is 5. The molecular weight excluding hydrogens is 330 g/mol. The Hall–Kier alpha value is -1.81. The van der Waals surface area contributed by atoms with Crippen LogP contribution in [0.3, 0.4) is 0 Å². The van der Waals surface area contributed by atoms with Crippen molar-refractivity contribution in [2.45, 2.75) is 20.3 Å². The summed E-state index contributed by atoms with van der Waals surface area (Å²) in [7, 11) is 0. The van der Waals surface area contributed by atoms with Crippen LogP contribution in [-0.4, -0.2) is 12.5 Å².